The van der Waals surface area contributed by atoms with Gasteiger partial charge in [0.05, 0.1) is 0 Å². The molecular formula is C9H16N6O. The van der Waals surface area contributed by atoms with Gasteiger partial charge in [0.15, 0.2) is 0 Å². The largest absolute Gasteiger partial charge is 0.368 e. The van der Waals surface area contributed by atoms with Crippen LogP contribution in [0.5, 0.6) is 0 Å². The highest BCUT2D eigenvalue weighted by Gasteiger charge is 2.18. The fourth-order valence-corrected chi connectivity index (χ4v) is 1.76. The van der Waals surface area contributed by atoms with Gasteiger partial charge in [-0.25, -0.2) is 5.10 Å². The molecule has 1 fully saturated rings. The van der Waals surface area contributed by atoms with Gasteiger partial charge < -0.3 is 16.0 Å². The summed E-state index contributed by atoms with van der Waals surface area (Å²) < 4.78 is 0. The topological polar surface area (TPSA) is 99.9 Å². The van der Waals surface area contributed by atoms with Crippen LogP contribution in [-0.2, 0) is 4.79 Å². The van der Waals surface area contributed by atoms with Crippen LogP contribution in [0.2, 0.25) is 0 Å². The summed E-state index contributed by atoms with van der Waals surface area (Å²) in [5.41, 5.74) is 5.38. The molecule has 0 spiro atoms. The van der Waals surface area contributed by atoms with E-state index in [1.165, 1.54) is 0 Å². The summed E-state index contributed by atoms with van der Waals surface area (Å²) in [6.45, 7) is 2.43. The lowest BCUT2D eigenvalue weighted by Gasteiger charge is -2.14. The van der Waals surface area contributed by atoms with E-state index in [4.69, 9.17) is 5.73 Å². The molecule has 88 valence electrons. The number of hydrogen-bond acceptors (Lipinski definition) is 5. The van der Waals surface area contributed by atoms with E-state index in [9.17, 15) is 4.79 Å². The van der Waals surface area contributed by atoms with Crippen LogP contribution < -0.4 is 11.1 Å². The number of nitrogens with one attached hydrogen (secondary N) is 2. The van der Waals surface area contributed by atoms with E-state index in [-0.39, 0.29) is 5.91 Å². The zero-order valence-electron chi connectivity index (χ0n) is 9.07. The maximum Gasteiger partial charge on any atom is 0.243 e. The van der Waals surface area contributed by atoms with Crippen molar-refractivity contribution in [2.45, 2.75) is 19.3 Å². The van der Waals surface area contributed by atoms with E-state index in [0.717, 1.165) is 32.5 Å². The average molecular weight is 224 g/mol. The molecule has 1 aliphatic heterocycles. The molecule has 4 N–H and O–H groups in total. The van der Waals surface area contributed by atoms with Crippen LogP contribution in [0.25, 0.3) is 0 Å². The molecule has 1 aliphatic rings. The van der Waals surface area contributed by atoms with Gasteiger partial charge in [0, 0.05) is 26.1 Å². The molecule has 2 heterocycles. The first-order valence-corrected chi connectivity index (χ1v) is 5.45. The lowest BCUT2D eigenvalue weighted by Crippen LogP contribution is -2.27. The molecule has 1 aromatic heterocycles. The van der Waals surface area contributed by atoms with Gasteiger partial charge >= 0.3 is 0 Å². The molecule has 0 atom stereocenters. The predicted octanol–water partition coefficient (Wildman–Crippen LogP) is -0.189. The summed E-state index contributed by atoms with van der Waals surface area (Å²) in [7, 11) is 0. The monoisotopic (exact) mass is 224 g/mol. The molecule has 16 heavy (non-hydrogen) atoms. The molecule has 0 aromatic carbocycles. The summed E-state index contributed by atoms with van der Waals surface area (Å²) >= 11 is 0. The van der Waals surface area contributed by atoms with Crippen molar-refractivity contribution in [1.82, 2.24) is 20.1 Å². The Morgan fingerprint density at radius 1 is 1.56 bits per heavy atom. The van der Waals surface area contributed by atoms with Crippen LogP contribution in [0.4, 0.5) is 11.9 Å². The molecule has 0 bridgehead atoms. The molecule has 0 aliphatic carbocycles. The second-order valence-corrected chi connectivity index (χ2v) is 3.81. The number of nitrogens with two attached hydrogens (primary N) is 1. The van der Waals surface area contributed by atoms with Crippen molar-refractivity contribution in [2.24, 2.45) is 0 Å². The van der Waals surface area contributed by atoms with Gasteiger partial charge in [-0.1, -0.05) is 0 Å². The Morgan fingerprint density at radius 2 is 2.44 bits per heavy atom. The maximum atomic E-state index is 11.3. The number of rotatable bonds is 5. The smallest absolute Gasteiger partial charge is 0.243 e. The average Bonchev–Trinajstić information content (AvgIpc) is 2.83. The van der Waals surface area contributed by atoms with Crippen LogP contribution >= 0.6 is 0 Å². The van der Waals surface area contributed by atoms with Gasteiger partial charge in [-0.15, -0.1) is 5.10 Å². The van der Waals surface area contributed by atoms with Crippen molar-refractivity contribution in [3.63, 3.8) is 0 Å². The standard InChI is InChI=1S/C9H16N6O/c10-8-12-9(14-13-8)11-4-2-6-15-5-1-3-7(15)16/h1-6H2,(H4,10,11,12,13,14). The summed E-state index contributed by atoms with van der Waals surface area (Å²) in [6, 6.07) is 0. The first kappa shape index (κ1) is 10.7. The second-order valence-electron chi connectivity index (χ2n) is 3.81. The molecule has 7 nitrogen and oxygen atoms in total. The van der Waals surface area contributed by atoms with Crippen molar-refractivity contribution in [3.8, 4) is 0 Å². The number of amides is 1. The highest BCUT2D eigenvalue weighted by atomic mass is 16.2. The zero-order valence-corrected chi connectivity index (χ0v) is 9.07. The second kappa shape index (κ2) is 4.82. The predicted molar refractivity (Wildman–Crippen MR) is 59.7 cm³/mol. The Labute approximate surface area is 93.4 Å². The molecule has 1 saturated heterocycles. The first-order chi connectivity index (χ1) is 7.75. The summed E-state index contributed by atoms with van der Waals surface area (Å²) in [6.07, 6.45) is 2.58. The fourth-order valence-electron chi connectivity index (χ4n) is 1.76. The molecule has 2 rings (SSSR count). The normalized spacial score (nSPS) is 15.8. The third-order valence-corrected chi connectivity index (χ3v) is 2.56. The molecule has 1 aromatic rings. The van der Waals surface area contributed by atoms with Gasteiger partial charge in [0.1, 0.15) is 0 Å². The Bertz CT molecular complexity index is 363. The number of aromatic nitrogens is 3. The van der Waals surface area contributed by atoms with Crippen LogP contribution in [-0.4, -0.2) is 45.6 Å². The minimum Gasteiger partial charge on any atom is -0.368 e. The number of hydrogen-bond donors (Lipinski definition) is 3. The van der Waals surface area contributed by atoms with Crippen molar-refractivity contribution in [3.05, 3.63) is 0 Å². The first-order valence-electron chi connectivity index (χ1n) is 5.45. The molecule has 1 amide bonds. The highest BCUT2D eigenvalue weighted by Crippen LogP contribution is 2.09. The Morgan fingerprint density at radius 3 is 3.06 bits per heavy atom. The molecule has 7 heteroatoms. The summed E-state index contributed by atoms with van der Waals surface area (Å²) in [5, 5.41) is 9.43. The summed E-state index contributed by atoms with van der Waals surface area (Å²) in [5.74, 6) is 1.07. The summed E-state index contributed by atoms with van der Waals surface area (Å²) in [4.78, 5) is 17.1. The molecule has 0 radical (unpaired) electrons. The van der Waals surface area contributed by atoms with Crippen LogP contribution in [0, 0.1) is 0 Å². The van der Waals surface area contributed by atoms with Crippen LogP contribution in [0.1, 0.15) is 19.3 Å². The third-order valence-electron chi connectivity index (χ3n) is 2.56. The van der Waals surface area contributed by atoms with Crippen molar-refractivity contribution < 1.29 is 4.79 Å². The van der Waals surface area contributed by atoms with Crippen LogP contribution in [0.3, 0.4) is 0 Å². The number of H-pyrrole nitrogens is 1. The van der Waals surface area contributed by atoms with Gasteiger partial charge in [-0.3, -0.25) is 4.79 Å². The fraction of sp³-hybridized carbons (Fsp3) is 0.667. The van der Waals surface area contributed by atoms with Gasteiger partial charge in [0.25, 0.3) is 0 Å². The maximum absolute atomic E-state index is 11.3. The number of carbonyl (C=O) groups is 1. The Hall–Kier alpha value is -1.79. The number of anilines is 2. The van der Waals surface area contributed by atoms with E-state index >= 15 is 0 Å². The van der Waals surface area contributed by atoms with E-state index in [1.54, 1.807) is 0 Å². The van der Waals surface area contributed by atoms with E-state index < -0.39 is 0 Å². The lowest BCUT2D eigenvalue weighted by molar-refractivity contribution is -0.127. The van der Waals surface area contributed by atoms with E-state index in [2.05, 4.69) is 20.5 Å². The minimum atomic E-state index is 0.266. The van der Waals surface area contributed by atoms with Gasteiger partial charge in [0.2, 0.25) is 17.8 Å². The number of nitrogens with zero attached hydrogens (tertiary/aromatic N) is 3. The molecule has 0 saturated carbocycles. The number of aromatic amines is 1. The zero-order chi connectivity index (χ0) is 11.4. The van der Waals surface area contributed by atoms with E-state index in [0.29, 0.717) is 18.3 Å². The number of nitrogen functional groups attached to an aromatic ring is 1. The molecular weight excluding hydrogens is 208 g/mol. The minimum absolute atomic E-state index is 0.266. The van der Waals surface area contributed by atoms with Crippen LogP contribution in [0.15, 0.2) is 0 Å². The van der Waals surface area contributed by atoms with E-state index in [1.807, 2.05) is 4.90 Å². The quantitative estimate of drug-likeness (QED) is 0.602. The Balaban J connectivity index is 1.63. The highest BCUT2D eigenvalue weighted by molar-refractivity contribution is 5.77. The number of likely N-dealkylation sites (tertiary alicyclic amines) is 1. The number of carbonyl (C=O) groups excluding carboxylic acids is 1. The van der Waals surface area contributed by atoms with Gasteiger partial charge in [-0.2, -0.15) is 4.98 Å². The van der Waals surface area contributed by atoms with Crippen molar-refractivity contribution >= 4 is 17.8 Å². The van der Waals surface area contributed by atoms with Crippen molar-refractivity contribution in [2.75, 3.05) is 30.7 Å². The van der Waals surface area contributed by atoms with Crippen molar-refractivity contribution in [1.29, 1.82) is 0 Å². The Kier molecular flexibility index (Phi) is 3.23. The molecule has 0 unspecified atom stereocenters. The van der Waals surface area contributed by atoms with Gasteiger partial charge in [-0.05, 0) is 12.8 Å². The SMILES string of the molecule is Nc1nc(NCCCN2CCCC2=O)n[nH]1. The third kappa shape index (κ3) is 2.62. The lowest BCUT2D eigenvalue weighted by atomic mass is 10.4.